The van der Waals surface area contributed by atoms with Crippen LogP contribution in [0.25, 0.3) is 6.08 Å². The number of ether oxygens (including phenoxy) is 3. The maximum Gasteiger partial charge on any atom is 0.305 e. The summed E-state index contributed by atoms with van der Waals surface area (Å²) in [4.78, 5) is 12.4. The summed E-state index contributed by atoms with van der Waals surface area (Å²) >= 11 is 0. The van der Waals surface area contributed by atoms with Crippen LogP contribution >= 0.6 is 0 Å². The highest BCUT2D eigenvalue weighted by Gasteiger charge is 2.46. The fourth-order valence-electron chi connectivity index (χ4n) is 7.38. The minimum absolute atomic E-state index is 0.220. The van der Waals surface area contributed by atoms with Crippen LogP contribution in [0.3, 0.4) is 0 Å². The molecular weight excluding hydrogens is 809 g/mol. The second kappa shape index (κ2) is 31.7. The zero-order valence-corrected chi connectivity index (χ0v) is 42.1. The molecule has 1 aliphatic heterocycles. The standard InChI is InChI=1S/C58H86O7/c1-12-13-14-15-16-17-18-19-20-36-53(59)63-42-52-54(60)55(61)56(62)57(64-52)65-58(10,11)41-26-35-46(5)33-24-32-45(4)31-23-29-43(2)27-21-22-28-44(3)30-25-34-47(6)37-40-51-49(8)39-38-48(7)50(51)9/h21-25,27-34,37-40,52,54-57,60-62H,12-20,26,35-36,41-42H2,1-11H3/b22-21+,29-23+,30-25-,32-24+,40-37+,43-27+,44-28+,45-31+,46-33+,47-34+/t52-,54-,55+,56-,57-/m1/s1. The van der Waals surface area contributed by atoms with Crippen molar-refractivity contribution in [3.63, 3.8) is 0 Å². The molecule has 0 aromatic heterocycles. The lowest BCUT2D eigenvalue weighted by molar-refractivity contribution is -0.324. The first-order valence-electron chi connectivity index (χ1n) is 24.3. The molecule has 65 heavy (non-hydrogen) atoms. The van der Waals surface area contributed by atoms with Crippen LogP contribution in [0.2, 0.25) is 0 Å². The van der Waals surface area contributed by atoms with E-state index in [-0.39, 0.29) is 12.6 Å². The van der Waals surface area contributed by atoms with Gasteiger partial charge in [-0.1, -0.05) is 189 Å². The van der Waals surface area contributed by atoms with Crippen molar-refractivity contribution >= 4 is 12.0 Å². The molecule has 5 atom stereocenters. The molecule has 360 valence electrons. The molecular formula is C58H86O7. The van der Waals surface area contributed by atoms with E-state index in [0.29, 0.717) is 12.8 Å². The summed E-state index contributed by atoms with van der Waals surface area (Å²) in [7, 11) is 0. The minimum Gasteiger partial charge on any atom is -0.463 e. The third-order valence-electron chi connectivity index (χ3n) is 11.9. The molecule has 1 heterocycles. The van der Waals surface area contributed by atoms with Crippen LogP contribution in [0.1, 0.15) is 161 Å². The number of hydrogen-bond acceptors (Lipinski definition) is 7. The van der Waals surface area contributed by atoms with Gasteiger partial charge >= 0.3 is 5.97 Å². The first kappa shape index (κ1) is 57.0. The molecule has 0 radical (unpaired) electrons. The number of unbranched alkanes of at least 4 members (excludes halogenated alkanes) is 8. The molecule has 1 aromatic rings. The Morgan fingerprint density at radius 2 is 1.14 bits per heavy atom. The molecule has 0 aliphatic carbocycles. The smallest absolute Gasteiger partial charge is 0.305 e. The van der Waals surface area contributed by atoms with E-state index in [0.717, 1.165) is 43.3 Å². The quantitative estimate of drug-likeness (QED) is 0.0437. The van der Waals surface area contributed by atoms with E-state index in [1.165, 1.54) is 77.5 Å². The first-order valence-corrected chi connectivity index (χ1v) is 24.3. The van der Waals surface area contributed by atoms with E-state index in [1.807, 2.05) is 13.8 Å². The van der Waals surface area contributed by atoms with E-state index in [9.17, 15) is 20.1 Å². The molecule has 0 saturated carbocycles. The number of carbonyl (C=O) groups excluding carboxylic acids is 1. The highest BCUT2D eigenvalue weighted by Crippen LogP contribution is 2.29. The van der Waals surface area contributed by atoms with Crippen LogP contribution < -0.4 is 0 Å². The van der Waals surface area contributed by atoms with Crippen LogP contribution in [-0.4, -0.2) is 64.2 Å². The Kier molecular flexibility index (Phi) is 27.8. The maximum atomic E-state index is 12.4. The predicted molar refractivity (Wildman–Crippen MR) is 274 cm³/mol. The summed E-state index contributed by atoms with van der Waals surface area (Å²) in [5.74, 6) is -0.359. The van der Waals surface area contributed by atoms with Crippen LogP contribution in [0.15, 0.2) is 125 Å². The molecule has 7 nitrogen and oxygen atoms in total. The molecule has 2 rings (SSSR count). The van der Waals surface area contributed by atoms with Crippen molar-refractivity contribution < 1.29 is 34.3 Å². The Labute approximate surface area is 394 Å². The first-order chi connectivity index (χ1) is 30.9. The van der Waals surface area contributed by atoms with E-state index < -0.39 is 36.3 Å². The molecule has 0 spiro atoms. The van der Waals surface area contributed by atoms with Gasteiger partial charge in [-0.05, 0) is 117 Å². The van der Waals surface area contributed by atoms with Crippen molar-refractivity contribution in [1.29, 1.82) is 0 Å². The van der Waals surface area contributed by atoms with Crippen LogP contribution in [0, 0.1) is 20.8 Å². The van der Waals surface area contributed by atoms with Gasteiger partial charge in [-0.15, -0.1) is 0 Å². The molecule has 1 fully saturated rings. The van der Waals surface area contributed by atoms with Crippen molar-refractivity contribution in [1.82, 2.24) is 0 Å². The number of carbonyl (C=O) groups is 1. The van der Waals surface area contributed by atoms with Crippen LogP contribution in [0.5, 0.6) is 0 Å². The third-order valence-corrected chi connectivity index (χ3v) is 11.9. The predicted octanol–water partition coefficient (Wildman–Crippen LogP) is 13.8. The fraction of sp³-hybridized carbons (Fsp3) is 0.534. The van der Waals surface area contributed by atoms with Gasteiger partial charge < -0.3 is 29.5 Å². The molecule has 0 bridgehead atoms. The summed E-state index contributed by atoms with van der Waals surface area (Å²) in [5, 5.41) is 31.8. The summed E-state index contributed by atoms with van der Waals surface area (Å²) in [6.07, 6.45) is 38.1. The Morgan fingerprint density at radius 1 is 0.631 bits per heavy atom. The number of allylic oxidation sites excluding steroid dienone is 19. The Balaban J connectivity index is 1.75. The molecule has 1 aromatic carbocycles. The number of esters is 1. The number of hydrogen-bond donors (Lipinski definition) is 3. The van der Waals surface area contributed by atoms with E-state index in [1.54, 1.807) is 0 Å². The Bertz CT molecular complexity index is 1900. The zero-order valence-electron chi connectivity index (χ0n) is 42.1. The average Bonchev–Trinajstić information content (AvgIpc) is 3.25. The van der Waals surface area contributed by atoms with Gasteiger partial charge in [-0.3, -0.25) is 4.79 Å². The largest absolute Gasteiger partial charge is 0.463 e. The summed E-state index contributed by atoms with van der Waals surface area (Å²) in [6, 6.07) is 4.37. The van der Waals surface area contributed by atoms with Gasteiger partial charge in [0.1, 0.15) is 31.0 Å². The van der Waals surface area contributed by atoms with Gasteiger partial charge in [0.2, 0.25) is 0 Å². The number of aliphatic hydroxyl groups excluding tert-OH is 3. The molecule has 0 unspecified atom stereocenters. The van der Waals surface area contributed by atoms with Crippen LogP contribution in [0.4, 0.5) is 0 Å². The van der Waals surface area contributed by atoms with E-state index >= 15 is 0 Å². The third kappa shape index (κ3) is 24.3. The number of benzene rings is 1. The van der Waals surface area contributed by atoms with Crippen molar-refractivity contribution in [3.8, 4) is 0 Å². The maximum absolute atomic E-state index is 12.4. The lowest BCUT2D eigenvalue weighted by Crippen LogP contribution is -2.60. The zero-order chi connectivity index (χ0) is 48.2. The van der Waals surface area contributed by atoms with Gasteiger partial charge in [0.25, 0.3) is 0 Å². The molecule has 7 heteroatoms. The van der Waals surface area contributed by atoms with Gasteiger partial charge in [-0.25, -0.2) is 0 Å². The van der Waals surface area contributed by atoms with Gasteiger partial charge in [0.15, 0.2) is 6.29 Å². The normalized spacial score (nSPS) is 21.1. The topological polar surface area (TPSA) is 105 Å². The van der Waals surface area contributed by atoms with Gasteiger partial charge in [0.05, 0.1) is 5.60 Å². The van der Waals surface area contributed by atoms with Crippen molar-refractivity contribution in [2.45, 2.75) is 196 Å². The number of aliphatic hydroxyl groups is 3. The Hall–Kier alpha value is -4.11. The van der Waals surface area contributed by atoms with Crippen molar-refractivity contribution in [2.75, 3.05) is 6.61 Å². The van der Waals surface area contributed by atoms with Crippen molar-refractivity contribution in [2.24, 2.45) is 0 Å². The SMILES string of the molecule is CCCCCCCCCCCC(=O)OC[C@H]1O[C@H](OC(C)(C)CCC/C(C)=C/C=C/C(C)=C/C=C/C(C)=C/C=C/C=C(C)/C=C\C=C(C)\C=C\c2c(C)ccc(C)c2C)[C@H](O)[C@@H](O)[C@@H]1O. The second-order valence-electron chi connectivity index (χ2n) is 18.7. The lowest BCUT2D eigenvalue weighted by atomic mass is 9.96. The molecule has 1 saturated heterocycles. The Morgan fingerprint density at radius 3 is 1.72 bits per heavy atom. The molecule has 1 aliphatic rings. The highest BCUT2D eigenvalue weighted by atomic mass is 16.7. The van der Waals surface area contributed by atoms with Gasteiger partial charge in [-0.2, -0.15) is 0 Å². The summed E-state index contributed by atoms with van der Waals surface area (Å²) in [5.41, 5.74) is 10.5. The highest BCUT2D eigenvalue weighted by molar-refractivity contribution is 5.69. The summed E-state index contributed by atoms with van der Waals surface area (Å²) < 4.78 is 17.4. The van der Waals surface area contributed by atoms with Gasteiger partial charge in [0, 0.05) is 6.42 Å². The minimum atomic E-state index is -1.49. The van der Waals surface area contributed by atoms with Crippen LogP contribution in [-0.2, 0) is 19.0 Å². The van der Waals surface area contributed by atoms with Crippen molar-refractivity contribution in [3.05, 3.63) is 147 Å². The average molecular weight is 895 g/mol. The molecule has 3 N–H and O–H groups in total. The molecule has 0 amide bonds. The summed E-state index contributed by atoms with van der Waals surface area (Å²) in [6.45, 7) is 22.8. The number of aryl methyl sites for hydroxylation is 2. The fourth-order valence-corrected chi connectivity index (χ4v) is 7.38. The van der Waals surface area contributed by atoms with E-state index in [2.05, 4.69) is 166 Å². The number of rotatable bonds is 28. The lowest BCUT2D eigenvalue weighted by Gasteiger charge is -2.42. The van der Waals surface area contributed by atoms with E-state index in [4.69, 9.17) is 14.2 Å². The monoisotopic (exact) mass is 895 g/mol. The second-order valence-corrected chi connectivity index (χ2v) is 18.7.